The van der Waals surface area contributed by atoms with Crippen LogP contribution < -0.4 is 4.57 Å². The highest BCUT2D eigenvalue weighted by atomic mass is 16.4. The summed E-state index contributed by atoms with van der Waals surface area (Å²) >= 11 is 0. The molecule has 0 saturated heterocycles. The molecule has 0 N–H and O–H groups in total. The first-order chi connectivity index (χ1) is 9.42. The van der Waals surface area contributed by atoms with Crippen LogP contribution in [0.4, 0.5) is 0 Å². The Morgan fingerprint density at radius 1 is 1.26 bits per heavy atom. The van der Waals surface area contributed by atoms with Gasteiger partial charge >= 0.3 is 5.89 Å². The van der Waals surface area contributed by atoms with Crippen molar-refractivity contribution in [1.29, 1.82) is 0 Å². The average Bonchev–Trinajstić information content (AvgIpc) is 3.07. The van der Waals surface area contributed by atoms with E-state index in [0.717, 1.165) is 34.9 Å². The molecule has 1 aliphatic rings. The monoisotopic (exact) mass is 249 g/mol. The van der Waals surface area contributed by atoms with Gasteiger partial charge in [-0.25, -0.2) is 9.97 Å². The van der Waals surface area contributed by atoms with E-state index in [9.17, 15) is 0 Å². The minimum Gasteiger partial charge on any atom is -0.378 e. The maximum Gasteiger partial charge on any atom is 0.402 e. The van der Waals surface area contributed by atoms with Gasteiger partial charge in [-0.3, -0.25) is 4.40 Å². The Labute approximate surface area is 107 Å². The van der Waals surface area contributed by atoms with Crippen molar-refractivity contribution >= 4 is 16.7 Å². The van der Waals surface area contributed by atoms with Crippen molar-refractivity contribution in [1.82, 2.24) is 14.4 Å². The molecule has 0 saturated carbocycles. The number of rotatable bonds is 0. The molecule has 1 aliphatic heterocycles. The van der Waals surface area contributed by atoms with Crippen molar-refractivity contribution in [2.75, 3.05) is 0 Å². The Kier molecular flexibility index (Phi) is 1.46. The lowest BCUT2D eigenvalue weighted by Gasteiger charge is -1.90. The molecule has 0 fully saturated rings. The molecule has 5 nitrogen and oxygen atoms in total. The SMILES string of the molecule is c1cnc2c(c1)C[n+]1c-2oc2c1cc1ccncn12. The minimum atomic E-state index is 0.815. The molecule has 0 bridgehead atoms. The summed E-state index contributed by atoms with van der Waals surface area (Å²) in [4.78, 5) is 8.56. The second kappa shape index (κ2) is 3.00. The van der Waals surface area contributed by atoms with Crippen molar-refractivity contribution < 1.29 is 8.98 Å². The topological polar surface area (TPSA) is 47.2 Å². The number of oxazole rings is 1. The van der Waals surface area contributed by atoms with Crippen LogP contribution in [0, 0.1) is 0 Å². The molecule has 4 aromatic rings. The van der Waals surface area contributed by atoms with Crippen LogP contribution >= 0.6 is 0 Å². The number of aromatic nitrogens is 4. The van der Waals surface area contributed by atoms with Crippen LogP contribution in [-0.4, -0.2) is 14.4 Å². The van der Waals surface area contributed by atoms with Gasteiger partial charge in [0.05, 0.1) is 11.1 Å². The van der Waals surface area contributed by atoms with Crippen molar-refractivity contribution in [3.05, 3.63) is 48.5 Å². The van der Waals surface area contributed by atoms with E-state index in [1.165, 1.54) is 5.56 Å². The summed E-state index contributed by atoms with van der Waals surface area (Å²) in [6.45, 7) is 0.815. The van der Waals surface area contributed by atoms with Gasteiger partial charge in [0.2, 0.25) is 0 Å². The fourth-order valence-electron chi connectivity index (χ4n) is 2.80. The molecule has 5 heteroatoms. The fraction of sp³-hybridized carbons (Fsp3) is 0.0714. The molecule has 0 radical (unpaired) electrons. The number of fused-ring (bicyclic) bond motifs is 7. The third kappa shape index (κ3) is 1.03. The molecule has 0 unspecified atom stereocenters. The summed E-state index contributed by atoms with van der Waals surface area (Å²) < 4.78 is 10.1. The normalized spacial score (nSPS) is 13.1. The van der Waals surface area contributed by atoms with Gasteiger partial charge in [-0.15, -0.1) is 4.57 Å². The van der Waals surface area contributed by atoms with E-state index in [1.54, 1.807) is 18.7 Å². The maximum absolute atomic E-state index is 6.01. The van der Waals surface area contributed by atoms with Crippen molar-refractivity contribution in [2.24, 2.45) is 0 Å². The lowest BCUT2D eigenvalue weighted by atomic mass is 10.2. The first kappa shape index (κ1) is 9.27. The zero-order valence-corrected chi connectivity index (χ0v) is 9.95. The Balaban J connectivity index is 1.93. The molecule has 4 aromatic heterocycles. The molecule has 5 heterocycles. The maximum atomic E-state index is 6.01. The van der Waals surface area contributed by atoms with Crippen molar-refractivity contribution in [3.8, 4) is 11.6 Å². The van der Waals surface area contributed by atoms with Crippen molar-refractivity contribution in [3.63, 3.8) is 0 Å². The summed E-state index contributed by atoms with van der Waals surface area (Å²) in [5.74, 6) is 0.832. The molecule has 5 rings (SSSR count). The number of hydrogen-bond acceptors (Lipinski definition) is 3. The van der Waals surface area contributed by atoms with Gasteiger partial charge in [0.1, 0.15) is 6.33 Å². The highest BCUT2D eigenvalue weighted by Gasteiger charge is 2.36. The zero-order chi connectivity index (χ0) is 12.4. The van der Waals surface area contributed by atoms with E-state index in [2.05, 4.69) is 26.7 Å². The Morgan fingerprint density at radius 3 is 3.26 bits per heavy atom. The van der Waals surface area contributed by atoms with E-state index in [4.69, 9.17) is 4.42 Å². The molecule has 0 spiro atoms. The van der Waals surface area contributed by atoms with Crippen LogP contribution in [0.25, 0.3) is 28.3 Å². The quantitative estimate of drug-likeness (QED) is 0.393. The zero-order valence-electron chi connectivity index (χ0n) is 9.95. The molecule has 0 atom stereocenters. The first-order valence-corrected chi connectivity index (χ1v) is 6.13. The van der Waals surface area contributed by atoms with E-state index in [0.29, 0.717) is 0 Å². The average molecular weight is 249 g/mol. The van der Waals surface area contributed by atoms with Crippen LogP contribution in [-0.2, 0) is 6.54 Å². The van der Waals surface area contributed by atoms with Crippen molar-refractivity contribution in [2.45, 2.75) is 6.54 Å². The van der Waals surface area contributed by atoms with Gasteiger partial charge in [0, 0.05) is 18.5 Å². The summed E-state index contributed by atoms with van der Waals surface area (Å²) in [5, 5.41) is 0. The Hall–Kier alpha value is -2.69. The van der Waals surface area contributed by atoms with Gasteiger partial charge in [0.15, 0.2) is 12.2 Å². The lowest BCUT2D eigenvalue weighted by molar-refractivity contribution is -0.649. The molecule has 0 aromatic carbocycles. The second-order valence-corrected chi connectivity index (χ2v) is 4.71. The van der Waals surface area contributed by atoms with E-state index < -0.39 is 0 Å². The Bertz CT molecular complexity index is 951. The molecule has 19 heavy (non-hydrogen) atoms. The number of pyridine rings is 1. The fourth-order valence-corrected chi connectivity index (χ4v) is 2.80. The predicted octanol–water partition coefficient (Wildman–Crippen LogP) is 1.79. The first-order valence-electron chi connectivity index (χ1n) is 6.13. The molecule has 90 valence electrons. The summed E-state index contributed by atoms with van der Waals surface area (Å²) in [6.07, 6.45) is 5.36. The molecule has 0 aliphatic carbocycles. The van der Waals surface area contributed by atoms with Gasteiger partial charge in [0.25, 0.3) is 11.2 Å². The Morgan fingerprint density at radius 2 is 2.26 bits per heavy atom. The number of hydrogen-bond donors (Lipinski definition) is 0. The van der Waals surface area contributed by atoms with Crippen LogP contribution in [0.3, 0.4) is 0 Å². The number of nitrogens with zero attached hydrogens (tertiary/aromatic N) is 4. The second-order valence-electron chi connectivity index (χ2n) is 4.71. The van der Waals surface area contributed by atoms with E-state index in [1.807, 2.05) is 16.5 Å². The smallest absolute Gasteiger partial charge is 0.378 e. The standard InChI is InChI=1S/C14H9N4O/c1-2-9-7-17-11-6-10-3-5-15-8-18(10)13(11)19-14(17)12(9)16-4-1/h1-6,8H,7H2/q+1. The summed E-state index contributed by atoms with van der Waals surface area (Å²) in [5.41, 5.74) is 5.14. The van der Waals surface area contributed by atoms with Gasteiger partial charge in [-0.2, -0.15) is 0 Å². The highest BCUT2D eigenvalue weighted by molar-refractivity contribution is 5.78. The molecular formula is C14H9N4O+. The predicted molar refractivity (Wildman–Crippen MR) is 67.5 cm³/mol. The largest absolute Gasteiger partial charge is 0.402 e. The highest BCUT2D eigenvalue weighted by Crippen LogP contribution is 2.30. The summed E-state index contributed by atoms with van der Waals surface area (Å²) in [7, 11) is 0. The summed E-state index contributed by atoms with van der Waals surface area (Å²) in [6, 6.07) is 8.15. The van der Waals surface area contributed by atoms with Gasteiger partial charge < -0.3 is 4.42 Å². The van der Waals surface area contributed by atoms with Crippen LogP contribution in [0.5, 0.6) is 0 Å². The van der Waals surface area contributed by atoms with Gasteiger partial charge in [-0.05, 0) is 18.2 Å². The van der Waals surface area contributed by atoms with Crippen LogP contribution in [0.2, 0.25) is 0 Å². The minimum absolute atomic E-state index is 0.815. The van der Waals surface area contributed by atoms with Crippen LogP contribution in [0.1, 0.15) is 5.56 Å². The third-order valence-electron chi connectivity index (χ3n) is 3.67. The molecular weight excluding hydrogens is 240 g/mol. The van der Waals surface area contributed by atoms with E-state index in [-0.39, 0.29) is 0 Å². The van der Waals surface area contributed by atoms with Crippen LogP contribution in [0.15, 0.2) is 47.4 Å². The van der Waals surface area contributed by atoms with Gasteiger partial charge in [-0.1, -0.05) is 0 Å². The third-order valence-corrected chi connectivity index (χ3v) is 3.67. The lowest BCUT2D eigenvalue weighted by Crippen LogP contribution is -2.30. The van der Waals surface area contributed by atoms with E-state index >= 15 is 0 Å². The molecule has 0 amide bonds.